The van der Waals surface area contributed by atoms with E-state index >= 15 is 0 Å². The van der Waals surface area contributed by atoms with Crippen LogP contribution in [0.4, 0.5) is 5.69 Å². The summed E-state index contributed by atoms with van der Waals surface area (Å²) in [5.41, 5.74) is 6.62. The summed E-state index contributed by atoms with van der Waals surface area (Å²) in [6, 6.07) is 26.3. The first-order valence-electron chi connectivity index (χ1n) is 12.6. The second-order valence-electron chi connectivity index (χ2n) is 9.75. The van der Waals surface area contributed by atoms with Gasteiger partial charge in [0.25, 0.3) is 5.56 Å². The quantitative estimate of drug-likeness (QED) is 0.183. The van der Waals surface area contributed by atoms with E-state index in [1.165, 1.54) is 28.7 Å². The van der Waals surface area contributed by atoms with Gasteiger partial charge in [-0.3, -0.25) is 14.2 Å². The molecule has 6 rings (SSSR count). The van der Waals surface area contributed by atoms with Gasteiger partial charge in [0.1, 0.15) is 4.70 Å². The van der Waals surface area contributed by atoms with Crippen molar-refractivity contribution in [2.45, 2.75) is 38.4 Å². The van der Waals surface area contributed by atoms with Gasteiger partial charge in [-0.1, -0.05) is 72.4 Å². The first-order chi connectivity index (χ1) is 18.4. The number of rotatable bonds is 5. The van der Waals surface area contributed by atoms with Crippen molar-refractivity contribution in [3.05, 3.63) is 106 Å². The molecule has 0 saturated carbocycles. The van der Waals surface area contributed by atoms with E-state index < -0.39 is 0 Å². The number of nitrogens with zero attached hydrogens (tertiary/aromatic N) is 3. The van der Waals surface area contributed by atoms with Gasteiger partial charge in [0.05, 0.1) is 17.0 Å². The Bertz CT molecular complexity index is 1740. The van der Waals surface area contributed by atoms with Crippen molar-refractivity contribution in [1.82, 2.24) is 9.55 Å². The van der Waals surface area contributed by atoms with Crippen molar-refractivity contribution < 1.29 is 4.79 Å². The van der Waals surface area contributed by atoms with Crippen molar-refractivity contribution in [2.24, 2.45) is 0 Å². The molecule has 0 saturated heterocycles. The van der Waals surface area contributed by atoms with Crippen LogP contribution in [0.2, 0.25) is 0 Å². The molecule has 3 heterocycles. The first-order valence-corrected chi connectivity index (χ1v) is 14.4. The summed E-state index contributed by atoms with van der Waals surface area (Å²) in [6.07, 6.45) is 0.848. The van der Waals surface area contributed by atoms with Crippen LogP contribution < -0.4 is 10.5 Å². The molecule has 0 unspecified atom stereocenters. The van der Waals surface area contributed by atoms with Crippen molar-refractivity contribution in [2.75, 3.05) is 10.7 Å². The lowest BCUT2D eigenvalue weighted by Crippen LogP contribution is -2.37. The molecule has 0 radical (unpaired) electrons. The standard InChI is InChI=1S/C31H27N3O2S2/c1-19-13-14-20(2)26(15-19)34-30(36)29-24(17-27(38-29)22-9-5-4-6-10-22)32-31(34)37-18-28(35)33-21(3)16-23-11-7-8-12-25(23)33/h4-15,17,21H,16,18H2,1-3H3/t21-/m1/s1. The summed E-state index contributed by atoms with van der Waals surface area (Å²) in [7, 11) is 0. The Morgan fingerprint density at radius 2 is 1.76 bits per heavy atom. The Morgan fingerprint density at radius 3 is 2.58 bits per heavy atom. The molecule has 0 aliphatic carbocycles. The molecule has 1 aliphatic heterocycles. The lowest BCUT2D eigenvalue weighted by atomic mass is 10.1. The van der Waals surface area contributed by atoms with E-state index in [4.69, 9.17) is 4.98 Å². The Morgan fingerprint density at radius 1 is 1.00 bits per heavy atom. The Labute approximate surface area is 229 Å². The van der Waals surface area contributed by atoms with Gasteiger partial charge in [-0.25, -0.2) is 4.98 Å². The second-order valence-corrected chi connectivity index (χ2v) is 11.7. The van der Waals surface area contributed by atoms with Crippen LogP contribution in [0.5, 0.6) is 0 Å². The molecule has 1 amide bonds. The zero-order chi connectivity index (χ0) is 26.4. The number of hydrogen-bond donors (Lipinski definition) is 0. The van der Waals surface area contributed by atoms with Gasteiger partial charge in [-0.2, -0.15) is 0 Å². The van der Waals surface area contributed by atoms with E-state index in [-0.39, 0.29) is 23.3 Å². The first kappa shape index (κ1) is 24.6. The predicted octanol–water partition coefficient (Wildman–Crippen LogP) is 6.80. The number of carbonyl (C=O) groups is 1. The number of aryl methyl sites for hydroxylation is 2. The SMILES string of the molecule is Cc1ccc(C)c(-n2c(SCC(=O)N3c4ccccc4C[C@H]3C)nc3cc(-c4ccccc4)sc3c2=O)c1. The largest absolute Gasteiger partial charge is 0.308 e. The number of fused-ring (bicyclic) bond motifs is 2. The summed E-state index contributed by atoms with van der Waals surface area (Å²) in [4.78, 5) is 35.3. The predicted molar refractivity (Wildman–Crippen MR) is 158 cm³/mol. The highest BCUT2D eigenvalue weighted by atomic mass is 32.2. The van der Waals surface area contributed by atoms with Crippen molar-refractivity contribution in [3.63, 3.8) is 0 Å². The smallest absolute Gasteiger partial charge is 0.276 e. The molecule has 0 bridgehead atoms. The third kappa shape index (κ3) is 4.36. The molecular weight excluding hydrogens is 510 g/mol. The van der Waals surface area contributed by atoms with E-state index in [1.54, 1.807) is 4.57 Å². The van der Waals surface area contributed by atoms with E-state index in [1.807, 2.05) is 91.5 Å². The van der Waals surface area contributed by atoms with Crippen LogP contribution in [-0.2, 0) is 11.2 Å². The fourth-order valence-corrected chi connectivity index (χ4v) is 7.01. The zero-order valence-corrected chi connectivity index (χ0v) is 23.1. The monoisotopic (exact) mass is 537 g/mol. The Kier molecular flexibility index (Phi) is 6.41. The van der Waals surface area contributed by atoms with Crippen LogP contribution in [0.1, 0.15) is 23.6 Å². The van der Waals surface area contributed by atoms with Crippen LogP contribution in [-0.4, -0.2) is 27.3 Å². The summed E-state index contributed by atoms with van der Waals surface area (Å²) in [6.45, 7) is 6.09. The molecule has 0 N–H and O–H groups in total. The number of thiophene rings is 1. The molecule has 5 aromatic rings. The van der Waals surface area contributed by atoms with Crippen molar-refractivity contribution in [3.8, 4) is 16.1 Å². The minimum absolute atomic E-state index is 0.0182. The maximum atomic E-state index is 14.0. The maximum absolute atomic E-state index is 14.0. The Hall–Kier alpha value is -3.68. The van der Waals surface area contributed by atoms with Crippen LogP contribution in [0.15, 0.2) is 88.8 Å². The van der Waals surface area contributed by atoms with Gasteiger partial charge in [0.15, 0.2) is 5.16 Å². The molecule has 1 aliphatic rings. The van der Waals surface area contributed by atoms with Crippen LogP contribution in [0.25, 0.3) is 26.3 Å². The number of hydrogen-bond acceptors (Lipinski definition) is 5. The zero-order valence-electron chi connectivity index (χ0n) is 21.5. The van der Waals surface area contributed by atoms with Crippen LogP contribution in [0, 0.1) is 13.8 Å². The summed E-state index contributed by atoms with van der Waals surface area (Å²) in [5.74, 6) is 0.210. The average molecular weight is 538 g/mol. The van der Waals surface area contributed by atoms with Gasteiger partial charge in [-0.15, -0.1) is 11.3 Å². The Balaban J connectivity index is 1.43. The van der Waals surface area contributed by atoms with E-state index in [2.05, 4.69) is 13.0 Å². The molecule has 0 fully saturated rings. The number of thioether (sulfide) groups is 1. The molecule has 38 heavy (non-hydrogen) atoms. The lowest BCUT2D eigenvalue weighted by Gasteiger charge is -2.23. The highest BCUT2D eigenvalue weighted by Gasteiger charge is 2.31. The third-order valence-electron chi connectivity index (χ3n) is 6.98. The van der Waals surface area contributed by atoms with Crippen LogP contribution >= 0.6 is 23.1 Å². The minimum Gasteiger partial charge on any atom is -0.308 e. The third-order valence-corrected chi connectivity index (χ3v) is 9.07. The van der Waals surface area contributed by atoms with Gasteiger partial charge in [0, 0.05) is 16.6 Å². The average Bonchev–Trinajstić information content (AvgIpc) is 3.50. The summed E-state index contributed by atoms with van der Waals surface area (Å²) < 4.78 is 2.30. The van der Waals surface area contributed by atoms with Crippen LogP contribution in [0.3, 0.4) is 0 Å². The fourth-order valence-electron chi connectivity index (χ4n) is 5.11. The topological polar surface area (TPSA) is 55.2 Å². The highest BCUT2D eigenvalue weighted by Crippen LogP contribution is 2.35. The van der Waals surface area contributed by atoms with Gasteiger partial charge in [0.2, 0.25) is 5.91 Å². The lowest BCUT2D eigenvalue weighted by molar-refractivity contribution is -0.116. The molecule has 5 nitrogen and oxygen atoms in total. The number of amides is 1. The maximum Gasteiger partial charge on any atom is 0.276 e. The van der Waals surface area contributed by atoms with Crippen molar-refractivity contribution in [1.29, 1.82) is 0 Å². The molecule has 1 atom stereocenters. The normalized spacial score (nSPS) is 14.7. The number of carbonyl (C=O) groups excluding carboxylic acids is 1. The summed E-state index contributed by atoms with van der Waals surface area (Å²) in [5, 5.41) is 0.530. The molecular formula is C31H27N3O2S2. The van der Waals surface area contributed by atoms with Gasteiger partial charge < -0.3 is 4.90 Å². The van der Waals surface area contributed by atoms with E-state index in [0.717, 1.165) is 39.4 Å². The number of anilines is 1. The van der Waals surface area contributed by atoms with Gasteiger partial charge >= 0.3 is 0 Å². The van der Waals surface area contributed by atoms with Crippen molar-refractivity contribution >= 4 is 44.9 Å². The molecule has 7 heteroatoms. The fraction of sp³-hybridized carbons (Fsp3) is 0.194. The van der Waals surface area contributed by atoms with Gasteiger partial charge in [-0.05, 0) is 67.6 Å². The number of aromatic nitrogens is 2. The van der Waals surface area contributed by atoms with E-state index in [0.29, 0.717) is 15.4 Å². The molecule has 0 spiro atoms. The minimum atomic E-state index is -0.106. The molecule has 3 aromatic carbocycles. The number of para-hydroxylation sites is 1. The number of benzene rings is 3. The highest BCUT2D eigenvalue weighted by molar-refractivity contribution is 7.99. The molecule has 190 valence electrons. The second kappa shape index (κ2) is 9.89. The van der Waals surface area contributed by atoms with E-state index in [9.17, 15) is 9.59 Å². The summed E-state index contributed by atoms with van der Waals surface area (Å²) >= 11 is 2.79. The molecule has 2 aromatic heterocycles.